The van der Waals surface area contributed by atoms with Crippen LogP contribution < -0.4 is 10.4 Å². The molecular weight excluding hydrogens is 493 g/mol. The molecule has 3 nitrogen and oxygen atoms in total. The molecule has 1 saturated heterocycles. The van der Waals surface area contributed by atoms with Crippen molar-refractivity contribution in [3.8, 4) is 0 Å². The molecule has 5 heteroatoms. The van der Waals surface area contributed by atoms with Gasteiger partial charge in [-0.15, -0.1) is 0 Å². The van der Waals surface area contributed by atoms with Gasteiger partial charge in [0.15, 0.2) is 4.93 Å². The molecule has 3 aromatic rings. The van der Waals surface area contributed by atoms with Crippen molar-refractivity contribution in [1.29, 1.82) is 0 Å². The number of unbranched alkanes of at least 4 members (excludes halogenated alkanes) is 1. The quantitative estimate of drug-likeness (QED) is 0.160. The Morgan fingerprint density at radius 1 is 0.946 bits per heavy atom. The third-order valence-electron chi connectivity index (χ3n) is 7.23. The Kier molecular flexibility index (Phi) is 8.69. The summed E-state index contributed by atoms with van der Waals surface area (Å²) < 4.78 is 26.9. The minimum absolute atomic E-state index is 0.0290. The highest BCUT2D eigenvalue weighted by Gasteiger charge is 2.59. The molecule has 1 aliphatic rings. The molecule has 3 aromatic carbocycles. The standard InChI is InChI=1S/C32H40O3SSi/c1-6-7-19-30-32(35-30,36(33)27-22-20-26(2)21-23-27)24-14-25-34-37(31(3,4)5,28-15-10-8-11-16-28)29-17-12-9-13-18-29/h8-18,20-24,30H,6-7,19,25H2,1-5H3/b24-14+/t30-,32-,36+/m1/s1. The molecule has 0 N–H and O–H groups in total. The fourth-order valence-electron chi connectivity index (χ4n) is 5.20. The number of rotatable bonds is 11. The molecule has 1 heterocycles. The zero-order valence-electron chi connectivity index (χ0n) is 22.8. The molecule has 1 aliphatic heterocycles. The van der Waals surface area contributed by atoms with Gasteiger partial charge in [-0.05, 0) is 47.0 Å². The van der Waals surface area contributed by atoms with Gasteiger partial charge in [-0.3, -0.25) is 4.21 Å². The summed E-state index contributed by atoms with van der Waals surface area (Å²) >= 11 is 0. The van der Waals surface area contributed by atoms with Gasteiger partial charge in [0, 0.05) is 4.90 Å². The first kappa shape index (κ1) is 27.7. The van der Waals surface area contributed by atoms with E-state index in [-0.39, 0.29) is 11.1 Å². The van der Waals surface area contributed by atoms with E-state index in [4.69, 9.17) is 9.16 Å². The van der Waals surface area contributed by atoms with Crippen LogP contribution in [0.4, 0.5) is 0 Å². The van der Waals surface area contributed by atoms with Crippen LogP contribution in [-0.4, -0.2) is 30.2 Å². The molecule has 1 fully saturated rings. The van der Waals surface area contributed by atoms with Crippen LogP contribution >= 0.6 is 0 Å². The number of hydrogen-bond acceptors (Lipinski definition) is 3. The summed E-state index contributed by atoms with van der Waals surface area (Å²) in [6.07, 6.45) is 7.09. The molecule has 0 bridgehead atoms. The molecule has 0 unspecified atom stereocenters. The van der Waals surface area contributed by atoms with Crippen molar-refractivity contribution in [3.63, 3.8) is 0 Å². The van der Waals surface area contributed by atoms with Gasteiger partial charge in [-0.1, -0.05) is 125 Å². The van der Waals surface area contributed by atoms with E-state index in [1.807, 2.05) is 43.3 Å². The first-order chi connectivity index (χ1) is 17.7. The normalized spacial score (nSPS) is 20.7. The summed E-state index contributed by atoms with van der Waals surface area (Å²) in [6.45, 7) is 11.5. The highest BCUT2D eigenvalue weighted by atomic mass is 32.2. The lowest BCUT2D eigenvalue weighted by molar-refractivity contribution is 0.336. The lowest BCUT2D eigenvalue weighted by Gasteiger charge is -2.42. The summed E-state index contributed by atoms with van der Waals surface area (Å²) in [5.74, 6) is 0. The van der Waals surface area contributed by atoms with Crippen LogP contribution in [0.2, 0.25) is 5.04 Å². The van der Waals surface area contributed by atoms with E-state index in [0.717, 1.165) is 29.7 Å². The third kappa shape index (κ3) is 5.75. The van der Waals surface area contributed by atoms with Crippen LogP contribution in [-0.2, 0) is 20.0 Å². The molecule has 196 valence electrons. The van der Waals surface area contributed by atoms with E-state index in [0.29, 0.717) is 6.61 Å². The molecule has 0 aromatic heterocycles. The van der Waals surface area contributed by atoms with E-state index in [1.165, 1.54) is 10.4 Å². The van der Waals surface area contributed by atoms with Crippen molar-refractivity contribution in [2.24, 2.45) is 0 Å². The topological polar surface area (TPSA) is 38.8 Å². The van der Waals surface area contributed by atoms with Crippen LogP contribution in [0.5, 0.6) is 0 Å². The minimum Gasteiger partial charge on any atom is -0.404 e. The van der Waals surface area contributed by atoms with Gasteiger partial charge >= 0.3 is 0 Å². The van der Waals surface area contributed by atoms with Crippen molar-refractivity contribution in [3.05, 3.63) is 103 Å². The lowest BCUT2D eigenvalue weighted by Crippen LogP contribution is -2.66. The Bertz CT molecular complexity index is 1160. The van der Waals surface area contributed by atoms with E-state index in [1.54, 1.807) is 0 Å². The van der Waals surface area contributed by atoms with E-state index in [2.05, 4.69) is 88.4 Å². The summed E-state index contributed by atoms with van der Waals surface area (Å²) in [7, 11) is -3.92. The van der Waals surface area contributed by atoms with E-state index in [9.17, 15) is 4.21 Å². The average molecular weight is 533 g/mol. The molecular formula is C32H40O3SSi. The zero-order valence-corrected chi connectivity index (χ0v) is 24.6. The van der Waals surface area contributed by atoms with E-state index >= 15 is 0 Å². The predicted octanol–water partition coefficient (Wildman–Crippen LogP) is 6.52. The van der Waals surface area contributed by atoms with Gasteiger partial charge < -0.3 is 9.16 Å². The van der Waals surface area contributed by atoms with Gasteiger partial charge in [-0.25, -0.2) is 0 Å². The van der Waals surface area contributed by atoms with Crippen LogP contribution in [0.25, 0.3) is 0 Å². The Hall–Kier alpha value is -2.31. The van der Waals surface area contributed by atoms with Crippen LogP contribution in [0.3, 0.4) is 0 Å². The fourth-order valence-corrected chi connectivity index (χ4v) is 11.2. The number of aryl methyl sites for hydroxylation is 1. The Balaban J connectivity index is 1.63. The number of epoxide rings is 1. The molecule has 0 spiro atoms. The number of benzene rings is 3. The van der Waals surface area contributed by atoms with Gasteiger partial charge in [0.05, 0.1) is 17.4 Å². The predicted molar refractivity (Wildman–Crippen MR) is 157 cm³/mol. The van der Waals surface area contributed by atoms with Crippen molar-refractivity contribution >= 4 is 29.5 Å². The van der Waals surface area contributed by atoms with Crippen LogP contribution in [0.1, 0.15) is 52.5 Å². The zero-order chi connectivity index (χ0) is 26.5. The van der Waals surface area contributed by atoms with Gasteiger partial charge in [0.1, 0.15) is 6.10 Å². The second-order valence-corrected chi connectivity index (χ2v) is 16.9. The third-order valence-corrected chi connectivity index (χ3v) is 14.0. The monoisotopic (exact) mass is 532 g/mol. The van der Waals surface area contributed by atoms with Crippen molar-refractivity contribution in [2.45, 2.75) is 74.9 Å². The van der Waals surface area contributed by atoms with Crippen molar-refractivity contribution in [1.82, 2.24) is 0 Å². The Morgan fingerprint density at radius 3 is 2.03 bits per heavy atom. The number of hydrogen-bond donors (Lipinski definition) is 0. The first-order valence-corrected chi connectivity index (χ1v) is 16.4. The summed E-state index contributed by atoms with van der Waals surface area (Å²) in [4.78, 5) is 0.0290. The summed E-state index contributed by atoms with van der Waals surface area (Å²) in [5.41, 5.74) is 1.16. The van der Waals surface area contributed by atoms with Crippen molar-refractivity contribution in [2.75, 3.05) is 6.61 Å². The maximum Gasteiger partial charge on any atom is 0.261 e. The van der Waals surface area contributed by atoms with E-state index < -0.39 is 24.1 Å². The Labute approximate surface area is 226 Å². The van der Waals surface area contributed by atoms with Gasteiger partial charge in [0.2, 0.25) is 0 Å². The molecule has 0 radical (unpaired) electrons. The highest BCUT2D eigenvalue weighted by Crippen LogP contribution is 2.46. The SMILES string of the molecule is CCCC[C@H]1O[C@]1(/C=C/CO[Si](c1ccccc1)(c1ccccc1)C(C)(C)C)[S@@](=O)c1ccc(C)cc1. The Morgan fingerprint density at radius 2 is 1.51 bits per heavy atom. The fraction of sp³-hybridized carbons (Fsp3) is 0.375. The number of ether oxygens (including phenoxy) is 1. The van der Waals surface area contributed by atoms with Crippen molar-refractivity contribution < 1.29 is 13.4 Å². The lowest BCUT2D eigenvalue weighted by atomic mass is 10.1. The molecule has 0 aliphatic carbocycles. The largest absolute Gasteiger partial charge is 0.404 e. The smallest absolute Gasteiger partial charge is 0.261 e. The van der Waals surface area contributed by atoms with Gasteiger partial charge in [0.25, 0.3) is 8.32 Å². The summed E-state index contributed by atoms with van der Waals surface area (Å²) in [6, 6.07) is 29.3. The second-order valence-electron chi connectivity index (χ2n) is 10.9. The van der Waals surface area contributed by atoms with Crippen LogP contribution in [0, 0.1) is 6.92 Å². The average Bonchev–Trinajstić information content (AvgIpc) is 3.62. The maximum absolute atomic E-state index is 13.7. The molecule has 0 saturated carbocycles. The first-order valence-electron chi connectivity index (χ1n) is 13.3. The second kappa shape index (κ2) is 11.6. The van der Waals surface area contributed by atoms with Crippen LogP contribution in [0.15, 0.2) is 102 Å². The summed E-state index contributed by atoms with van der Waals surface area (Å²) in [5, 5.41) is 2.41. The molecule has 37 heavy (non-hydrogen) atoms. The molecule has 3 atom stereocenters. The highest BCUT2D eigenvalue weighted by molar-refractivity contribution is 7.86. The molecule has 4 rings (SSSR count). The maximum atomic E-state index is 13.7. The molecule has 0 amide bonds. The van der Waals surface area contributed by atoms with Gasteiger partial charge in [-0.2, -0.15) is 0 Å². The minimum atomic E-state index is -2.63.